The molecule has 37 valence electrons. The lowest BCUT2D eigenvalue weighted by atomic mass is 10.7. The number of hydrogen-bond acceptors (Lipinski definition) is 1. The molecule has 0 fully saturated rings. The van der Waals surface area contributed by atoms with Gasteiger partial charge in [0.25, 0.3) is 0 Å². The summed E-state index contributed by atoms with van der Waals surface area (Å²) in [6.07, 6.45) is 1.78. The molecule has 0 aliphatic heterocycles. The molecule has 0 bridgehead atoms. The molecule has 0 saturated heterocycles. The molecule has 2 heteroatoms. The molecule has 0 aromatic carbocycles. The minimum Gasteiger partial charge on any atom is -0.475 e. The van der Waals surface area contributed by atoms with Crippen molar-refractivity contribution in [1.82, 2.24) is 4.98 Å². The molecule has 1 aromatic heterocycles. The second-order valence-corrected chi connectivity index (χ2v) is 1.18. The van der Waals surface area contributed by atoms with Crippen LogP contribution in [0.4, 0.5) is 0 Å². The third-order valence-electron chi connectivity index (χ3n) is 0.725. The minimum atomic E-state index is 0.694. The predicted molar refractivity (Wildman–Crippen MR) is 26.8 cm³/mol. The zero-order valence-corrected chi connectivity index (χ0v) is 3.85. The molecule has 1 heterocycles. The maximum atomic E-state index is 4.55. The van der Waals surface area contributed by atoms with Crippen LogP contribution in [0.15, 0.2) is 18.3 Å². The molecule has 1 radical (unpaired) electrons. The number of rotatable bonds is 1. The summed E-state index contributed by atoms with van der Waals surface area (Å²) in [6, 6.07) is 3.65. The predicted octanol–water partition coefficient (Wildman–Crippen LogP) is 1.19. The van der Waals surface area contributed by atoms with Crippen molar-refractivity contribution in [2.24, 2.45) is 0 Å². The molecule has 0 spiro atoms. The van der Waals surface area contributed by atoms with Gasteiger partial charge in [-0.25, -0.2) is 0 Å². The van der Waals surface area contributed by atoms with E-state index in [1.54, 1.807) is 12.3 Å². The summed E-state index contributed by atoms with van der Waals surface area (Å²) >= 11 is 0. The van der Waals surface area contributed by atoms with Gasteiger partial charge in [0.05, 0.1) is 0 Å². The van der Waals surface area contributed by atoms with Gasteiger partial charge in [0.2, 0.25) is 0 Å². The Hall–Kier alpha value is -0.920. The lowest BCUT2D eigenvalue weighted by Crippen LogP contribution is -1.74. The molecule has 0 unspecified atom stereocenters. The average molecular weight is 96.1 g/mol. The Morgan fingerprint density at radius 3 is 2.86 bits per heavy atom. The van der Waals surface area contributed by atoms with Crippen LogP contribution >= 0.6 is 0 Å². The van der Waals surface area contributed by atoms with Crippen molar-refractivity contribution >= 4 is 0 Å². The molecule has 0 amide bonds. The van der Waals surface area contributed by atoms with Crippen LogP contribution in [0.5, 0.6) is 5.88 Å². The summed E-state index contributed by atoms with van der Waals surface area (Å²) in [7, 11) is 3.20. The van der Waals surface area contributed by atoms with Crippen molar-refractivity contribution in [2.45, 2.75) is 0 Å². The number of nitrogens with one attached hydrogen (secondary N) is 1. The summed E-state index contributed by atoms with van der Waals surface area (Å²) in [5.41, 5.74) is 0. The zero-order valence-electron chi connectivity index (χ0n) is 3.85. The maximum Gasteiger partial charge on any atom is 0.190 e. The van der Waals surface area contributed by atoms with Crippen molar-refractivity contribution < 1.29 is 4.74 Å². The van der Waals surface area contributed by atoms with Crippen LogP contribution in [0.2, 0.25) is 0 Å². The fourth-order valence-electron chi connectivity index (χ4n) is 0.404. The number of aromatic nitrogens is 1. The monoisotopic (exact) mass is 96.0 g/mol. The Morgan fingerprint density at radius 2 is 2.57 bits per heavy atom. The maximum absolute atomic E-state index is 4.55. The number of aromatic amines is 1. The quantitative estimate of drug-likeness (QED) is 0.558. The largest absolute Gasteiger partial charge is 0.475 e. The van der Waals surface area contributed by atoms with E-state index in [9.17, 15) is 0 Å². The summed E-state index contributed by atoms with van der Waals surface area (Å²) in [5.74, 6) is 0.694. The third-order valence-corrected chi connectivity index (χ3v) is 0.725. The molecule has 1 rings (SSSR count). The highest BCUT2D eigenvalue weighted by Crippen LogP contribution is 2.01. The first-order valence-corrected chi connectivity index (χ1v) is 1.99. The fraction of sp³-hybridized carbons (Fsp3) is 0. The minimum absolute atomic E-state index is 0.694. The molecule has 0 saturated carbocycles. The van der Waals surface area contributed by atoms with Crippen LogP contribution < -0.4 is 4.74 Å². The Bertz CT molecular complexity index is 123. The molecule has 1 N–H and O–H groups in total. The first kappa shape index (κ1) is 4.24. The fourth-order valence-corrected chi connectivity index (χ4v) is 0.404. The normalized spacial score (nSPS) is 8.71. The highest BCUT2D eigenvalue weighted by Gasteiger charge is 1.81. The van der Waals surface area contributed by atoms with E-state index in [2.05, 4.69) is 16.8 Å². The molecule has 2 nitrogen and oxygen atoms in total. The van der Waals surface area contributed by atoms with E-state index in [0.717, 1.165) is 0 Å². The van der Waals surface area contributed by atoms with Gasteiger partial charge in [0, 0.05) is 6.20 Å². The van der Waals surface area contributed by atoms with Crippen molar-refractivity contribution in [1.29, 1.82) is 0 Å². The highest BCUT2D eigenvalue weighted by molar-refractivity contribution is 5.09. The standard InChI is InChI=1S/C5H6NO/c1-7-5-3-2-4-6-5/h2-4,6H,1H2. The molecule has 7 heavy (non-hydrogen) atoms. The van der Waals surface area contributed by atoms with Crippen LogP contribution in [0.1, 0.15) is 0 Å². The Morgan fingerprint density at radius 1 is 1.71 bits per heavy atom. The highest BCUT2D eigenvalue weighted by atomic mass is 16.5. The van der Waals surface area contributed by atoms with E-state index < -0.39 is 0 Å². The van der Waals surface area contributed by atoms with Gasteiger partial charge in [0.1, 0.15) is 7.11 Å². The first-order valence-electron chi connectivity index (χ1n) is 1.99. The lowest BCUT2D eigenvalue weighted by molar-refractivity contribution is 0.456. The molecule has 0 aliphatic carbocycles. The average Bonchev–Trinajstić information content (AvgIpc) is 2.14. The SMILES string of the molecule is [CH2]Oc1ccc[nH]1. The second kappa shape index (κ2) is 1.69. The van der Waals surface area contributed by atoms with Gasteiger partial charge in [-0.15, -0.1) is 0 Å². The van der Waals surface area contributed by atoms with Gasteiger partial charge in [-0.2, -0.15) is 0 Å². The van der Waals surface area contributed by atoms with Gasteiger partial charge in [0.15, 0.2) is 5.88 Å². The Kier molecular flexibility index (Phi) is 1.02. The molecular weight excluding hydrogens is 90.1 g/mol. The van der Waals surface area contributed by atoms with Gasteiger partial charge in [-0.1, -0.05) is 0 Å². The van der Waals surface area contributed by atoms with E-state index in [4.69, 9.17) is 0 Å². The van der Waals surface area contributed by atoms with Gasteiger partial charge in [-0.3, -0.25) is 0 Å². The summed E-state index contributed by atoms with van der Waals surface area (Å²) < 4.78 is 4.55. The lowest BCUT2D eigenvalue weighted by Gasteiger charge is -1.87. The second-order valence-electron chi connectivity index (χ2n) is 1.18. The summed E-state index contributed by atoms with van der Waals surface area (Å²) in [4.78, 5) is 2.80. The van der Waals surface area contributed by atoms with Crippen molar-refractivity contribution in [3.05, 3.63) is 25.4 Å². The van der Waals surface area contributed by atoms with E-state index in [-0.39, 0.29) is 0 Å². The van der Waals surface area contributed by atoms with E-state index in [1.165, 1.54) is 0 Å². The van der Waals surface area contributed by atoms with E-state index >= 15 is 0 Å². The molecule has 1 aromatic rings. The van der Waals surface area contributed by atoms with Crippen LogP contribution in [-0.4, -0.2) is 4.98 Å². The van der Waals surface area contributed by atoms with Gasteiger partial charge in [-0.05, 0) is 12.1 Å². The number of H-pyrrole nitrogens is 1. The van der Waals surface area contributed by atoms with Gasteiger partial charge < -0.3 is 9.72 Å². The van der Waals surface area contributed by atoms with Crippen LogP contribution in [0.25, 0.3) is 0 Å². The van der Waals surface area contributed by atoms with E-state index in [0.29, 0.717) is 5.88 Å². The van der Waals surface area contributed by atoms with Crippen molar-refractivity contribution in [3.63, 3.8) is 0 Å². The van der Waals surface area contributed by atoms with Crippen molar-refractivity contribution in [3.8, 4) is 5.88 Å². The summed E-state index contributed by atoms with van der Waals surface area (Å²) in [5, 5.41) is 0. The first-order chi connectivity index (χ1) is 3.43. The van der Waals surface area contributed by atoms with Crippen LogP contribution in [-0.2, 0) is 0 Å². The molecule has 0 atom stereocenters. The topological polar surface area (TPSA) is 25.0 Å². The zero-order chi connectivity index (χ0) is 5.11. The molecular formula is C5H6NO. The summed E-state index contributed by atoms with van der Waals surface area (Å²) in [6.45, 7) is 0. The number of hydrogen-bond donors (Lipinski definition) is 1. The smallest absolute Gasteiger partial charge is 0.190 e. The Labute approximate surface area is 42.1 Å². The number of ether oxygens (including phenoxy) is 1. The molecule has 0 aliphatic rings. The van der Waals surface area contributed by atoms with Gasteiger partial charge >= 0.3 is 0 Å². The van der Waals surface area contributed by atoms with Crippen molar-refractivity contribution in [2.75, 3.05) is 0 Å². The van der Waals surface area contributed by atoms with Crippen LogP contribution in [0, 0.1) is 7.11 Å². The Balaban J connectivity index is 2.76. The van der Waals surface area contributed by atoms with E-state index in [1.807, 2.05) is 6.07 Å². The third kappa shape index (κ3) is 0.738. The van der Waals surface area contributed by atoms with Crippen LogP contribution in [0.3, 0.4) is 0 Å².